The second-order valence-electron chi connectivity index (χ2n) is 5.16. The molecule has 3 heteroatoms. The van der Waals surface area contributed by atoms with Gasteiger partial charge in [-0.25, -0.2) is 0 Å². The summed E-state index contributed by atoms with van der Waals surface area (Å²) in [6.45, 7) is 4.34. The molecule has 1 unspecified atom stereocenters. The highest BCUT2D eigenvalue weighted by Gasteiger charge is 2.19. The summed E-state index contributed by atoms with van der Waals surface area (Å²) in [6, 6.07) is 0. The Balaban J connectivity index is 2.01. The fourth-order valence-electron chi connectivity index (χ4n) is 2.65. The lowest BCUT2D eigenvalue weighted by molar-refractivity contribution is 0.257. The summed E-state index contributed by atoms with van der Waals surface area (Å²) in [6.07, 6.45) is 10.2. The summed E-state index contributed by atoms with van der Waals surface area (Å²) < 4.78 is 10.9. The Morgan fingerprint density at radius 2 is 1.81 bits per heavy atom. The van der Waals surface area contributed by atoms with Gasteiger partial charge in [-0.2, -0.15) is 0 Å². The van der Waals surface area contributed by atoms with Gasteiger partial charge in [-0.05, 0) is 31.2 Å². The third-order valence-corrected chi connectivity index (χ3v) is 4.44. The first-order chi connectivity index (χ1) is 7.72. The summed E-state index contributed by atoms with van der Waals surface area (Å²) in [5.74, 6) is 2.67. The van der Waals surface area contributed by atoms with Crippen molar-refractivity contribution in [3.05, 3.63) is 0 Å². The second-order valence-corrected chi connectivity index (χ2v) is 6.71. The molecule has 0 aromatic heterocycles. The highest BCUT2D eigenvalue weighted by molar-refractivity contribution is 7.84. The van der Waals surface area contributed by atoms with Gasteiger partial charge in [0.25, 0.3) is 0 Å². The van der Waals surface area contributed by atoms with Gasteiger partial charge in [-0.15, -0.1) is 0 Å². The number of hydrogen-bond acceptors (Lipinski definition) is 2. The zero-order chi connectivity index (χ0) is 11.8. The average Bonchev–Trinajstić information content (AvgIpc) is 2.27. The molecule has 0 aliphatic heterocycles. The molecule has 0 bridgehead atoms. The Kier molecular flexibility index (Phi) is 7.30. The fourth-order valence-corrected chi connectivity index (χ4v) is 3.09. The number of rotatable bonds is 7. The quantitative estimate of drug-likeness (QED) is 0.699. The highest BCUT2D eigenvalue weighted by atomic mass is 32.2. The average molecular weight is 245 g/mol. The number of hydrogen-bond donors (Lipinski definition) is 1. The molecule has 1 atom stereocenters. The molecule has 16 heavy (non-hydrogen) atoms. The Morgan fingerprint density at radius 1 is 1.19 bits per heavy atom. The van der Waals surface area contributed by atoms with Crippen LogP contribution in [0.4, 0.5) is 0 Å². The molecule has 1 saturated carbocycles. The molecule has 0 amide bonds. The summed E-state index contributed by atoms with van der Waals surface area (Å²) in [5, 5.41) is 3.44. The first-order valence-electron chi connectivity index (χ1n) is 6.73. The summed E-state index contributed by atoms with van der Waals surface area (Å²) in [7, 11) is -0.643. The van der Waals surface area contributed by atoms with E-state index >= 15 is 0 Å². The van der Waals surface area contributed by atoms with Gasteiger partial charge >= 0.3 is 0 Å². The van der Waals surface area contributed by atoms with E-state index in [9.17, 15) is 4.21 Å². The predicted octanol–water partition coefficient (Wildman–Crippen LogP) is 2.56. The van der Waals surface area contributed by atoms with Gasteiger partial charge in [-0.3, -0.25) is 4.21 Å². The van der Waals surface area contributed by atoms with Crippen LogP contribution in [0.3, 0.4) is 0 Å². The molecule has 2 nitrogen and oxygen atoms in total. The number of nitrogens with one attached hydrogen (secondary N) is 1. The van der Waals surface area contributed by atoms with E-state index in [1.165, 1.54) is 38.5 Å². The van der Waals surface area contributed by atoms with Gasteiger partial charge in [-0.1, -0.05) is 32.6 Å². The van der Waals surface area contributed by atoms with Gasteiger partial charge < -0.3 is 5.32 Å². The molecule has 1 aliphatic carbocycles. The lowest BCUT2D eigenvalue weighted by atomic mass is 9.80. The molecule has 1 rings (SSSR count). The van der Waals surface area contributed by atoms with Crippen LogP contribution in [-0.2, 0) is 10.8 Å². The molecular formula is C13H27NOS. The first-order valence-corrected chi connectivity index (χ1v) is 8.45. The van der Waals surface area contributed by atoms with E-state index in [0.717, 1.165) is 30.7 Å². The van der Waals surface area contributed by atoms with Crippen LogP contribution in [0, 0.1) is 11.8 Å². The van der Waals surface area contributed by atoms with E-state index in [1.807, 2.05) is 0 Å². The summed E-state index contributed by atoms with van der Waals surface area (Å²) in [5.41, 5.74) is 0. The molecule has 1 N–H and O–H groups in total. The summed E-state index contributed by atoms with van der Waals surface area (Å²) in [4.78, 5) is 0. The van der Waals surface area contributed by atoms with Crippen molar-refractivity contribution in [2.45, 2.75) is 45.4 Å². The zero-order valence-corrected chi connectivity index (χ0v) is 11.7. The molecule has 0 aromatic rings. The van der Waals surface area contributed by atoms with Gasteiger partial charge in [0.15, 0.2) is 0 Å². The normalized spacial score (nSPS) is 27.9. The van der Waals surface area contributed by atoms with Crippen LogP contribution < -0.4 is 5.32 Å². The maximum absolute atomic E-state index is 10.9. The van der Waals surface area contributed by atoms with E-state index < -0.39 is 10.8 Å². The smallest absolute Gasteiger partial charge is 0.0357 e. The maximum Gasteiger partial charge on any atom is 0.0357 e. The van der Waals surface area contributed by atoms with Crippen molar-refractivity contribution in [3.63, 3.8) is 0 Å². The van der Waals surface area contributed by atoms with Crippen LogP contribution in [0.25, 0.3) is 0 Å². The molecular weight excluding hydrogens is 218 g/mol. The Bertz CT molecular complexity index is 200. The minimum atomic E-state index is -0.643. The van der Waals surface area contributed by atoms with Crippen LogP contribution in [0.2, 0.25) is 0 Å². The molecule has 0 saturated heterocycles. The largest absolute Gasteiger partial charge is 0.316 e. The third kappa shape index (κ3) is 6.00. The van der Waals surface area contributed by atoms with Crippen LogP contribution in [0.5, 0.6) is 0 Å². The molecule has 0 heterocycles. The van der Waals surface area contributed by atoms with Gasteiger partial charge in [0, 0.05) is 29.4 Å². The maximum atomic E-state index is 10.9. The second kappa shape index (κ2) is 8.24. The van der Waals surface area contributed by atoms with Gasteiger partial charge in [0.2, 0.25) is 0 Å². The predicted molar refractivity (Wildman–Crippen MR) is 72.2 cm³/mol. The molecule has 0 radical (unpaired) electrons. The lowest BCUT2D eigenvalue weighted by Gasteiger charge is -2.28. The Labute approximate surface area is 103 Å². The monoisotopic (exact) mass is 245 g/mol. The van der Waals surface area contributed by atoms with Crippen molar-refractivity contribution in [3.8, 4) is 0 Å². The van der Waals surface area contributed by atoms with E-state index in [2.05, 4.69) is 12.2 Å². The first kappa shape index (κ1) is 14.2. The van der Waals surface area contributed by atoms with Crippen molar-refractivity contribution >= 4 is 10.8 Å². The topological polar surface area (TPSA) is 29.1 Å². The van der Waals surface area contributed by atoms with Crippen molar-refractivity contribution in [2.24, 2.45) is 11.8 Å². The van der Waals surface area contributed by atoms with Crippen LogP contribution in [-0.4, -0.2) is 29.3 Å². The van der Waals surface area contributed by atoms with Crippen molar-refractivity contribution in [1.29, 1.82) is 0 Å². The van der Waals surface area contributed by atoms with E-state index in [4.69, 9.17) is 0 Å². The van der Waals surface area contributed by atoms with E-state index in [-0.39, 0.29) is 0 Å². The van der Waals surface area contributed by atoms with Crippen molar-refractivity contribution < 1.29 is 4.21 Å². The lowest BCUT2D eigenvalue weighted by Crippen LogP contribution is -2.29. The van der Waals surface area contributed by atoms with Gasteiger partial charge in [0.05, 0.1) is 0 Å². The SMILES string of the molecule is CCCC1CCC(CNCCS(C)=O)CC1. The molecule has 1 aliphatic rings. The van der Waals surface area contributed by atoms with Crippen LogP contribution >= 0.6 is 0 Å². The minimum Gasteiger partial charge on any atom is -0.316 e. The van der Waals surface area contributed by atoms with Crippen molar-refractivity contribution in [2.75, 3.05) is 25.1 Å². The minimum absolute atomic E-state index is 0.643. The molecule has 96 valence electrons. The van der Waals surface area contributed by atoms with Crippen LogP contribution in [0.15, 0.2) is 0 Å². The molecule has 1 fully saturated rings. The third-order valence-electron chi connectivity index (χ3n) is 3.66. The zero-order valence-electron chi connectivity index (χ0n) is 10.8. The molecule has 0 spiro atoms. The van der Waals surface area contributed by atoms with E-state index in [0.29, 0.717) is 0 Å². The van der Waals surface area contributed by atoms with Crippen molar-refractivity contribution in [1.82, 2.24) is 5.32 Å². The fraction of sp³-hybridized carbons (Fsp3) is 1.00. The standard InChI is InChI=1S/C13H27NOS/c1-3-4-12-5-7-13(8-6-12)11-14-9-10-16(2)15/h12-14H,3-11H2,1-2H3. The Morgan fingerprint density at radius 3 is 2.38 bits per heavy atom. The summed E-state index contributed by atoms with van der Waals surface area (Å²) >= 11 is 0. The highest BCUT2D eigenvalue weighted by Crippen LogP contribution is 2.30. The molecule has 0 aromatic carbocycles. The van der Waals surface area contributed by atoms with Gasteiger partial charge in [0.1, 0.15) is 0 Å². The van der Waals surface area contributed by atoms with Crippen LogP contribution in [0.1, 0.15) is 45.4 Å². The van der Waals surface area contributed by atoms with E-state index in [1.54, 1.807) is 6.26 Å². The Hall–Kier alpha value is 0.110.